The van der Waals surface area contributed by atoms with Crippen molar-refractivity contribution in [3.05, 3.63) is 41.2 Å². The van der Waals surface area contributed by atoms with Gasteiger partial charge in [0.2, 0.25) is 0 Å². The summed E-state index contributed by atoms with van der Waals surface area (Å²) >= 11 is 0. The van der Waals surface area contributed by atoms with Gasteiger partial charge in [0, 0.05) is 12.6 Å². The Morgan fingerprint density at radius 3 is 2.91 bits per heavy atom. The lowest BCUT2D eigenvalue weighted by atomic mass is 10.1. The predicted octanol–water partition coefficient (Wildman–Crippen LogP) is 1.20. The molecule has 23 heavy (non-hydrogen) atoms. The average Bonchev–Trinajstić information content (AvgIpc) is 2.86. The van der Waals surface area contributed by atoms with Crippen LogP contribution in [0.2, 0.25) is 0 Å². The topological polar surface area (TPSA) is 80.5 Å². The van der Waals surface area contributed by atoms with Crippen LogP contribution >= 0.6 is 0 Å². The maximum absolute atomic E-state index is 13.6. The van der Waals surface area contributed by atoms with Crippen molar-refractivity contribution in [1.82, 2.24) is 19.7 Å². The van der Waals surface area contributed by atoms with Crippen molar-refractivity contribution in [1.29, 1.82) is 0 Å². The van der Waals surface area contributed by atoms with Crippen molar-refractivity contribution in [3.63, 3.8) is 0 Å². The van der Waals surface area contributed by atoms with Crippen LogP contribution in [0.5, 0.6) is 5.75 Å². The van der Waals surface area contributed by atoms with Crippen molar-refractivity contribution in [3.8, 4) is 5.75 Å². The Bertz CT molecular complexity index is 746. The van der Waals surface area contributed by atoms with E-state index in [1.165, 1.54) is 19.2 Å². The Morgan fingerprint density at radius 2 is 2.22 bits per heavy atom. The number of aryl methyl sites for hydroxylation is 1. The second kappa shape index (κ2) is 5.96. The number of hydrogen-bond donors (Lipinski definition) is 1. The number of carbonyl (C=O) groups is 1. The zero-order valence-corrected chi connectivity index (χ0v) is 12.9. The molecule has 1 aliphatic rings. The summed E-state index contributed by atoms with van der Waals surface area (Å²) in [5.74, 6) is 0.471. The molecule has 1 aliphatic heterocycles. The maximum Gasteiger partial charge on any atom is 0.322 e. The first-order valence-corrected chi connectivity index (χ1v) is 7.17. The smallest absolute Gasteiger partial charge is 0.322 e. The van der Waals surface area contributed by atoms with Crippen LogP contribution in [0.25, 0.3) is 0 Å². The van der Waals surface area contributed by atoms with Gasteiger partial charge < -0.3 is 14.4 Å². The number of aliphatic carboxylic acids is 1. The SMILES string of the molecule is COc1cc(F)cc(CN2Cc3nnc(C)n3CC2C(=O)O)c1. The maximum atomic E-state index is 13.6. The standard InChI is InChI=1S/C15H17FN4O3/c1-9-17-18-14-8-19(13(15(21)22)7-20(9)14)6-10-3-11(16)5-12(4-10)23-2/h3-5,13H,6-8H2,1-2H3,(H,21,22). The van der Waals surface area contributed by atoms with Crippen LogP contribution in [-0.2, 0) is 24.4 Å². The van der Waals surface area contributed by atoms with Crippen LogP contribution in [0.1, 0.15) is 17.2 Å². The lowest BCUT2D eigenvalue weighted by Gasteiger charge is -2.33. The van der Waals surface area contributed by atoms with E-state index >= 15 is 0 Å². The quantitative estimate of drug-likeness (QED) is 0.912. The highest BCUT2D eigenvalue weighted by Gasteiger charge is 2.33. The number of methoxy groups -OCH3 is 1. The molecule has 1 unspecified atom stereocenters. The number of rotatable bonds is 4. The zero-order valence-electron chi connectivity index (χ0n) is 12.9. The van der Waals surface area contributed by atoms with E-state index < -0.39 is 17.8 Å². The second-order valence-corrected chi connectivity index (χ2v) is 5.53. The normalized spacial score (nSPS) is 17.8. The summed E-state index contributed by atoms with van der Waals surface area (Å²) in [6.07, 6.45) is 0. The van der Waals surface area contributed by atoms with Crippen molar-refractivity contribution in [2.24, 2.45) is 0 Å². The Labute approximate surface area is 132 Å². The number of aromatic nitrogens is 3. The molecular formula is C15H17FN4O3. The molecular weight excluding hydrogens is 303 g/mol. The number of fused-ring (bicyclic) bond motifs is 1. The van der Waals surface area contributed by atoms with Crippen molar-refractivity contribution in [2.45, 2.75) is 32.6 Å². The van der Waals surface area contributed by atoms with E-state index in [2.05, 4.69) is 10.2 Å². The number of carboxylic acids is 1. The number of benzene rings is 1. The monoisotopic (exact) mass is 320 g/mol. The molecule has 1 atom stereocenters. The van der Waals surface area contributed by atoms with Crippen LogP contribution in [0.15, 0.2) is 18.2 Å². The molecule has 0 saturated carbocycles. The third-order valence-electron chi connectivity index (χ3n) is 3.99. The van der Waals surface area contributed by atoms with E-state index in [1.54, 1.807) is 22.5 Å². The fourth-order valence-electron chi connectivity index (χ4n) is 2.82. The van der Waals surface area contributed by atoms with E-state index in [4.69, 9.17) is 4.74 Å². The molecule has 3 rings (SSSR count). The van der Waals surface area contributed by atoms with Crippen molar-refractivity contribution in [2.75, 3.05) is 7.11 Å². The van der Waals surface area contributed by atoms with E-state index in [9.17, 15) is 14.3 Å². The highest BCUT2D eigenvalue weighted by Crippen LogP contribution is 2.23. The van der Waals surface area contributed by atoms with Crippen LogP contribution in [0, 0.1) is 12.7 Å². The van der Waals surface area contributed by atoms with Gasteiger partial charge in [0.25, 0.3) is 0 Å². The first-order valence-electron chi connectivity index (χ1n) is 7.17. The Morgan fingerprint density at radius 1 is 1.43 bits per heavy atom. The van der Waals surface area contributed by atoms with Gasteiger partial charge in [0.1, 0.15) is 29.3 Å². The summed E-state index contributed by atoms with van der Waals surface area (Å²) in [4.78, 5) is 13.3. The predicted molar refractivity (Wildman–Crippen MR) is 78.4 cm³/mol. The van der Waals surface area contributed by atoms with Gasteiger partial charge in [-0.3, -0.25) is 9.69 Å². The minimum absolute atomic E-state index is 0.274. The molecule has 7 nitrogen and oxygen atoms in total. The lowest BCUT2D eigenvalue weighted by molar-refractivity contribution is -0.145. The zero-order chi connectivity index (χ0) is 16.6. The molecule has 1 N–H and O–H groups in total. The Hall–Kier alpha value is -2.48. The summed E-state index contributed by atoms with van der Waals surface area (Å²) in [6, 6.07) is 3.65. The molecule has 0 amide bonds. The summed E-state index contributed by atoms with van der Waals surface area (Å²) < 4.78 is 20.5. The molecule has 8 heteroatoms. The number of ether oxygens (including phenoxy) is 1. The summed E-state index contributed by atoms with van der Waals surface area (Å²) in [7, 11) is 1.46. The molecule has 122 valence electrons. The van der Waals surface area contributed by atoms with Crippen LogP contribution in [-0.4, -0.2) is 43.9 Å². The first-order chi connectivity index (χ1) is 11.0. The fourth-order valence-corrected chi connectivity index (χ4v) is 2.82. The van der Waals surface area contributed by atoms with Gasteiger partial charge in [0.05, 0.1) is 20.2 Å². The minimum Gasteiger partial charge on any atom is -0.497 e. The Kier molecular flexibility index (Phi) is 3.99. The number of carboxylic acid groups (broad SMARTS) is 1. The van der Waals surface area contributed by atoms with Crippen LogP contribution in [0.4, 0.5) is 4.39 Å². The Balaban J connectivity index is 1.88. The van der Waals surface area contributed by atoms with Gasteiger partial charge in [0.15, 0.2) is 0 Å². The van der Waals surface area contributed by atoms with Gasteiger partial charge in [-0.1, -0.05) is 0 Å². The van der Waals surface area contributed by atoms with Gasteiger partial charge >= 0.3 is 5.97 Å². The molecule has 1 aromatic heterocycles. The van der Waals surface area contributed by atoms with Crippen LogP contribution in [0.3, 0.4) is 0 Å². The first kappa shape index (κ1) is 15.4. The molecule has 0 radical (unpaired) electrons. The highest BCUT2D eigenvalue weighted by atomic mass is 19.1. The molecule has 0 bridgehead atoms. The molecule has 0 aliphatic carbocycles. The van der Waals surface area contributed by atoms with Gasteiger partial charge in [-0.2, -0.15) is 0 Å². The fraction of sp³-hybridized carbons (Fsp3) is 0.400. The van der Waals surface area contributed by atoms with Crippen molar-refractivity contribution < 1.29 is 19.0 Å². The van der Waals surface area contributed by atoms with E-state index in [-0.39, 0.29) is 13.1 Å². The van der Waals surface area contributed by atoms with E-state index in [0.717, 1.165) is 0 Å². The number of hydrogen-bond acceptors (Lipinski definition) is 5. The third-order valence-corrected chi connectivity index (χ3v) is 3.99. The number of nitrogens with zero attached hydrogens (tertiary/aromatic N) is 4. The number of halogens is 1. The van der Waals surface area contributed by atoms with E-state index in [0.29, 0.717) is 29.5 Å². The van der Waals surface area contributed by atoms with Gasteiger partial charge in [-0.25, -0.2) is 4.39 Å². The molecule has 2 heterocycles. The lowest BCUT2D eigenvalue weighted by Crippen LogP contribution is -2.47. The second-order valence-electron chi connectivity index (χ2n) is 5.53. The summed E-state index contributed by atoms with van der Waals surface area (Å²) in [6.45, 7) is 2.70. The highest BCUT2D eigenvalue weighted by molar-refractivity contribution is 5.73. The minimum atomic E-state index is -0.924. The molecule has 0 fully saturated rings. The summed E-state index contributed by atoms with van der Waals surface area (Å²) in [5.41, 5.74) is 0.651. The van der Waals surface area contributed by atoms with Crippen molar-refractivity contribution >= 4 is 5.97 Å². The van der Waals surface area contributed by atoms with Gasteiger partial charge in [-0.05, 0) is 24.6 Å². The summed E-state index contributed by atoms with van der Waals surface area (Å²) in [5, 5.41) is 17.6. The third kappa shape index (κ3) is 3.02. The largest absolute Gasteiger partial charge is 0.497 e. The van der Waals surface area contributed by atoms with Gasteiger partial charge in [-0.15, -0.1) is 10.2 Å². The average molecular weight is 320 g/mol. The molecule has 0 spiro atoms. The van der Waals surface area contributed by atoms with E-state index in [1.807, 2.05) is 0 Å². The molecule has 2 aromatic rings. The van der Waals surface area contributed by atoms with Crippen LogP contribution < -0.4 is 4.74 Å². The molecule has 1 aromatic carbocycles. The molecule has 0 saturated heterocycles.